The van der Waals surface area contributed by atoms with Crippen molar-refractivity contribution in [2.75, 3.05) is 0 Å². The van der Waals surface area contributed by atoms with E-state index in [4.69, 9.17) is 0 Å². The molecule has 1 aromatic rings. The molecule has 15 heavy (non-hydrogen) atoms. The first kappa shape index (κ1) is 11.1. The molecule has 2 rings (SSSR count). The summed E-state index contributed by atoms with van der Waals surface area (Å²) >= 11 is 3.75. The van der Waals surface area contributed by atoms with E-state index in [0.717, 1.165) is 23.1 Å². The summed E-state index contributed by atoms with van der Waals surface area (Å²) in [5.74, 6) is 1.65. The third-order valence-corrected chi connectivity index (χ3v) is 4.33. The van der Waals surface area contributed by atoms with Gasteiger partial charge in [0.15, 0.2) is 0 Å². The molecule has 0 aromatic carbocycles. The van der Waals surface area contributed by atoms with E-state index in [9.17, 15) is 0 Å². The molecule has 1 saturated carbocycles. The van der Waals surface area contributed by atoms with Crippen LogP contribution in [0.25, 0.3) is 0 Å². The van der Waals surface area contributed by atoms with Crippen molar-refractivity contribution in [3.8, 4) is 0 Å². The molecule has 82 valence electrons. The van der Waals surface area contributed by atoms with Crippen LogP contribution in [0.5, 0.6) is 0 Å². The molecule has 1 heterocycles. The Labute approximate surface area is 100 Å². The molecule has 0 bridgehead atoms. The first-order valence-corrected chi connectivity index (χ1v) is 6.71. The van der Waals surface area contributed by atoms with Crippen molar-refractivity contribution in [1.82, 2.24) is 4.98 Å². The largest absolute Gasteiger partial charge is 0.261 e. The van der Waals surface area contributed by atoms with Gasteiger partial charge in [0.1, 0.15) is 0 Å². The van der Waals surface area contributed by atoms with Crippen molar-refractivity contribution in [3.63, 3.8) is 0 Å². The fraction of sp³-hybridized carbons (Fsp3) is 0.615. The van der Waals surface area contributed by atoms with Gasteiger partial charge in [-0.2, -0.15) is 0 Å². The summed E-state index contributed by atoms with van der Waals surface area (Å²) < 4.78 is 0. The van der Waals surface area contributed by atoms with Gasteiger partial charge in [-0.15, -0.1) is 0 Å². The van der Waals surface area contributed by atoms with Crippen LogP contribution in [-0.4, -0.2) is 9.81 Å². The van der Waals surface area contributed by atoms with Gasteiger partial charge in [-0.1, -0.05) is 28.9 Å². The normalized spacial score (nSPS) is 31.5. The number of nitrogens with zero attached hydrogens (tertiary/aromatic N) is 1. The summed E-state index contributed by atoms with van der Waals surface area (Å²) in [6.07, 6.45) is 7.03. The Morgan fingerprint density at radius 3 is 3.00 bits per heavy atom. The lowest BCUT2D eigenvalue weighted by Gasteiger charge is -2.31. The first-order chi connectivity index (χ1) is 7.25. The van der Waals surface area contributed by atoms with Gasteiger partial charge < -0.3 is 0 Å². The van der Waals surface area contributed by atoms with Gasteiger partial charge in [0, 0.05) is 16.7 Å². The maximum absolute atomic E-state index is 4.42. The molecule has 3 unspecified atom stereocenters. The Kier molecular flexibility index (Phi) is 3.79. The molecule has 0 amide bonds. The summed E-state index contributed by atoms with van der Waals surface area (Å²) in [5, 5.41) is 0. The topological polar surface area (TPSA) is 12.9 Å². The van der Waals surface area contributed by atoms with Crippen LogP contribution in [0.15, 0.2) is 24.4 Å². The number of aromatic nitrogens is 1. The second-order valence-electron chi connectivity index (χ2n) is 4.67. The summed E-state index contributed by atoms with van der Waals surface area (Å²) in [5.41, 5.74) is 1.25. The zero-order valence-electron chi connectivity index (χ0n) is 9.20. The minimum atomic E-state index is 0.724. The maximum atomic E-state index is 4.42. The Balaban J connectivity index is 1.98. The second-order valence-corrected chi connectivity index (χ2v) is 5.97. The van der Waals surface area contributed by atoms with E-state index in [0.29, 0.717) is 0 Å². The number of pyridine rings is 1. The molecule has 1 aromatic heterocycles. The number of alkyl halides is 1. The molecular weight excluding hydrogens is 250 g/mol. The van der Waals surface area contributed by atoms with E-state index >= 15 is 0 Å². The van der Waals surface area contributed by atoms with Gasteiger partial charge in [-0.05, 0) is 49.7 Å². The average molecular weight is 268 g/mol. The first-order valence-electron chi connectivity index (χ1n) is 5.79. The number of rotatable bonds is 2. The fourth-order valence-corrected chi connectivity index (χ4v) is 3.17. The van der Waals surface area contributed by atoms with Crippen LogP contribution < -0.4 is 0 Å². The number of hydrogen-bond acceptors (Lipinski definition) is 1. The summed E-state index contributed by atoms with van der Waals surface area (Å²) in [6, 6.07) is 6.22. The molecular formula is C13H18BrN. The lowest BCUT2D eigenvalue weighted by Crippen LogP contribution is -2.25. The predicted octanol–water partition coefficient (Wildman–Crippen LogP) is 3.82. The van der Waals surface area contributed by atoms with Crippen molar-refractivity contribution in [1.29, 1.82) is 0 Å². The van der Waals surface area contributed by atoms with E-state index in [-0.39, 0.29) is 0 Å². The van der Waals surface area contributed by atoms with Crippen LogP contribution in [0.1, 0.15) is 31.9 Å². The molecule has 1 fully saturated rings. The highest BCUT2D eigenvalue weighted by atomic mass is 79.9. The Morgan fingerprint density at radius 2 is 2.27 bits per heavy atom. The third-order valence-electron chi connectivity index (χ3n) is 3.50. The molecule has 0 N–H and O–H groups in total. The van der Waals surface area contributed by atoms with Crippen LogP contribution >= 0.6 is 15.9 Å². The Morgan fingerprint density at radius 1 is 1.40 bits per heavy atom. The lowest BCUT2D eigenvalue weighted by molar-refractivity contribution is 0.261. The summed E-state index contributed by atoms with van der Waals surface area (Å²) in [7, 11) is 0. The van der Waals surface area contributed by atoms with Gasteiger partial charge in [-0.3, -0.25) is 4.98 Å². The fourth-order valence-electron chi connectivity index (χ4n) is 2.43. The van der Waals surface area contributed by atoms with E-state index < -0.39 is 0 Å². The molecule has 0 radical (unpaired) electrons. The Hall–Kier alpha value is -0.370. The molecule has 1 nitrogen and oxygen atoms in total. The van der Waals surface area contributed by atoms with Crippen LogP contribution in [-0.2, 0) is 6.42 Å². The highest BCUT2D eigenvalue weighted by Gasteiger charge is 2.26. The number of hydrogen-bond donors (Lipinski definition) is 0. The molecule has 2 heteroatoms. The molecule has 0 spiro atoms. The molecule has 0 aliphatic heterocycles. The third kappa shape index (κ3) is 3.04. The quantitative estimate of drug-likeness (QED) is 0.743. The van der Waals surface area contributed by atoms with Gasteiger partial charge in [0.2, 0.25) is 0 Å². The SMILES string of the molecule is CC1CCC(Br)CC1Cc1ccccn1. The highest BCUT2D eigenvalue weighted by molar-refractivity contribution is 9.09. The van der Waals surface area contributed by atoms with Crippen LogP contribution in [0.3, 0.4) is 0 Å². The zero-order chi connectivity index (χ0) is 10.7. The van der Waals surface area contributed by atoms with Crippen molar-refractivity contribution >= 4 is 15.9 Å². The molecule has 3 atom stereocenters. The lowest BCUT2D eigenvalue weighted by atomic mass is 9.78. The van der Waals surface area contributed by atoms with E-state index in [1.807, 2.05) is 12.3 Å². The predicted molar refractivity (Wildman–Crippen MR) is 67.2 cm³/mol. The number of halogens is 1. The van der Waals surface area contributed by atoms with Crippen LogP contribution in [0.4, 0.5) is 0 Å². The maximum Gasteiger partial charge on any atom is 0.0406 e. The highest BCUT2D eigenvalue weighted by Crippen LogP contribution is 2.35. The van der Waals surface area contributed by atoms with Crippen LogP contribution in [0, 0.1) is 11.8 Å². The van der Waals surface area contributed by atoms with E-state index in [1.54, 1.807) is 0 Å². The van der Waals surface area contributed by atoms with Gasteiger partial charge in [0.05, 0.1) is 0 Å². The minimum absolute atomic E-state index is 0.724. The summed E-state index contributed by atoms with van der Waals surface area (Å²) in [6.45, 7) is 2.38. The minimum Gasteiger partial charge on any atom is -0.261 e. The van der Waals surface area contributed by atoms with Gasteiger partial charge in [-0.25, -0.2) is 0 Å². The standard InChI is InChI=1S/C13H18BrN/c1-10-5-6-12(14)8-11(10)9-13-4-2-3-7-15-13/h2-4,7,10-12H,5-6,8-9H2,1H3. The molecule has 1 aliphatic carbocycles. The smallest absolute Gasteiger partial charge is 0.0406 e. The average Bonchev–Trinajstić information content (AvgIpc) is 2.25. The van der Waals surface area contributed by atoms with Crippen molar-refractivity contribution in [2.45, 2.75) is 37.4 Å². The molecule has 0 saturated heterocycles. The van der Waals surface area contributed by atoms with Gasteiger partial charge in [0.25, 0.3) is 0 Å². The van der Waals surface area contributed by atoms with Crippen molar-refractivity contribution in [3.05, 3.63) is 30.1 Å². The Bertz CT molecular complexity index is 299. The van der Waals surface area contributed by atoms with E-state index in [1.165, 1.54) is 25.0 Å². The summed E-state index contributed by atoms with van der Waals surface area (Å²) in [4.78, 5) is 5.14. The van der Waals surface area contributed by atoms with Crippen molar-refractivity contribution < 1.29 is 0 Å². The van der Waals surface area contributed by atoms with Crippen LogP contribution in [0.2, 0.25) is 0 Å². The monoisotopic (exact) mass is 267 g/mol. The van der Waals surface area contributed by atoms with Gasteiger partial charge >= 0.3 is 0 Å². The zero-order valence-corrected chi connectivity index (χ0v) is 10.8. The van der Waals surface area contributed by atoms with Crippen molar-refractivity contribution in [2.24, 2.45) is 11.8 Å². The second kappa shape index (κ2) is 5.11. The molecule has 1 aliphatic rings. The van der Waals surface area contributed by atoms with E-state index in [2.05, 4.69) is 40.0 Å².